The minimum Gasteiger partial charge on any atom is -0.494 e. The minimum absolute atomic E-state index is 0.181. The van der Waals surface area contributed by atoms with Crippen LogP contribution in [0.2, 0.25) is 0 Å². The summed E-state index contributed by atoms with van der Waals surface area (Å²) < 4.78 is 21.7. The van der Waals surface area contributed by atoms with E-state index in [0.29, 0.717) is 24.5 Å². The fourth-order valence-corrected chi connectivity index (χ4v) is 2.20. The topological polar surface area (TPSA) is 54.0 Å². The van der Waals surface area contributed by atoms with Crippen molar-refractivity contribution in [3.8, 4) is 17.2 Å². The molecule has 2 aromatic carbocycles. The number of carbonyl (C=O) groups is 1. The quantitative estimate of drug-likeness (QED) is 0.437. The van der Waals surface area contributed by atoms with Crippen LogP contribution in [0.3, 0.4) is 0 Å². The molecular weight excluding hydrogens is 332 g/mol. The Morgan fingerprint density at radius 3 is 1.85 bits per heavy atom. The van der Waals surface area contributed by atoms with E-state index < -0.39 is 0 Å². The molecule has 0 bridgehead atoms. The molecule has 26 heavy (non-hydrogen) atoms. The van der Waals surface area contributed by atoms with Gasteiger partial charge in [-0.05, 0) is 61.9 Å². The molecule has 0 aliphatic heterocycles. The molecule has 0 radical (unpaired) electrons. The first-order valence-corrected chi connectivity index (χ1v) is 8.98. The number of ether oxygens (including phenoxy) is 4. The van der Waals surface area contributed by atoms with Gasteiger partial charge in [-0.1, -0.05) is 13.3 Å². The Bertz CT molecular complexity index is 649. The van der Waals surface area contributed by atoms with Gasteiger partial charge in [0.15, 0.2) is 0 Å². The van der Waals surface area contributed by atoms with Gasteiger partial charge < -0.3 is 18.9 Å². The SMILES string of the molecule is CCCCOc1ccc(C(=O)OCCOc2ccc(OCC)cc2)cc1. The molecule has 2 aromatic rings. The molecule has 0 saturated heterocycles. The molecule has 0 aliphatic rings. The third-order valence-electron chi connectivity index (χ3n) is 3.58. The van der Waals surface area contributed by atoms with Crippen LogP contribution < -0.4 is 14.2 Å². The maximum Gasteiger partial charge on any atom is 0.338 e. The average Bonchev–Trinajstić information content (AvgIpc) is 2.67. The molecule has 0 unspecified atom stereocenters. The van der Waals surface area contributed by atoms with Gasteiger partial charge in [0.25, 0.3) is 0 Å². The highest BCUT2D eigenvalue weighted by molar-refractivity contribution is 5.89. The fourth-order valence-electron chi connectivity index (χ4n) is 2.20. The van der Waals surface area contributed by atoms with Crippen molar-refractivity contribution in [1.29, 1.82) is 0 Å². The Hall–Kier alpha value is -2.69. The lowest BCUT2D eigenvalue weighted by molar-refractivity contribution is 0.0450. The third-order valence-corrected chi connectivity index (χ3v) is 3.58. The minimum atomic E-state index is -0.375. The molecule has 0 aliphatic carbocycles. The Balaban J connectivity index is 1.69. The summed E-state index contributed by atoms with van der Waals surface area (Å²) in [5.74, 6) is 1.89. The second kappa shape index (κ2) is 11.0. The summed E-state index contributed by atoms with van der Waals surface area (Å²) in [4.78, 5) is 12.0. The molecule has 0 saturated carbocycles. The van der Waals surface area contributed by atoms with Crippen LogP contribution in [0.15, 0.2) is 48.5 Å². The molecule has 5 nitrogen and oxygen atoms in total. The fraction of sp³-hybridized carbons (Fsp3) is 0.381. The van der Waals surface area contributed by atoms with Gasteiger partial charge in [-0.3, -0.25) is 0 Å². The summed E-state index contributed by atoms with van der Waals surface area (Å²) in [5.41, 5.74) is 0.494. The zero-order valence-electron chi connectivity index (χ0n) is 15.4. The average molecular weight is 358 g/mol. The standard InChI is InChI=1S/C21H26O5/c1-3-5-14-24-19-8-6-17(7-9-19)21(22)26-16-15-25-20-12-10-18(11-13-20)23-4-2/h6-13H,3-5,14-16H2,1-2H3. The molecule has 140 valence electrons. The van der Waals surface area contributed by atoms with Crippen molar-refractivity contribution < 1.29 is 23.7 Å². The van der Waals surface area contributed by atoms with Crippen molar-refractivity contribution in [3.05, 3.63) is 54.1 Å². The maximum absolute atomic E-state index is 12.0. The van der Waals surface area contributed by atoms with Gasteiger partial charge in [-0.25, -0.2) is 4.79 Å². The van der Waals surface area contributed by atoms with Crippen LogP contribution in [0.1, 0.15) is 37.0 Å². The molecule has 0 N–H and O–H groups in total. The number of unbranched alkanes of at least 4 members (excludes halogenated alkanes) is 1. The zero-order valence-corrected chi connectivity index (χ0v) is 15.4. The molecule has 0 fully saturated rings. The van der Waals surface area contributed by atoms with E-state index in [1.807, 2.05) is 31.2 Å². The van der Waals surface area contributed by atoms with Crippen molar-refractivity contribution >= 4 is 5.97 Å². The van der Waals surface area contributed by atoms with E-state index in [1.54, 1.807) is 24.3 Å². The monoisotopic (exact) mass is 358 g/mol. The Labute approximate surface area is 154 Å². The number of hydrogen-bond donors (Lipinski definition) is 0. The molecule has 2 rings (SSSR count). The highest BCUT2D eigenvalue weighted by atomic mass is 16.6. The Morgan fingerprint density at radius 2 is 1.27 bits per heavy atom. The van der Waals surface area contributed by atoms with Crippen molar-refractivity contribution in [3.63, 3.8) is 0 Å². The van der Waals surface area contributed by atoms with E-state index in [2.05, 4.69) is 6.92 Å². The van der Waals surface area contributed by atoms with Crippen LogP contribution in [-0.4, -0.2) is 32.4 Å². The second-order valence-corrected chi connectivity index (χ2v) is 5.62. The summed E-state index contributed by atoms with van der Waals surface area (Å²) >= 11 is 0. The van der Waals surface area contributed by atoms with Crippen LogP contribution in [0.5, 0.6) is 17.2 Å². The van der Waals surface area contributed by atoms with Crippen LogP contribution in [0.4, 0.5) is 0 Å². The normalized spacial score (nSPS) is 10.2. The molecule has 0 heterocycles. The largest absolute Gasteiger partial charge is 0.494 e. The summed E-state index contributed by atoms with van der Waals surface area (Å²) in [6, 6.07) is 14.3. The number of benzene rings is 2. The zero-order chi connectivity index (χ0) is 18.6. The van der Waals surface area contributed by atoms with Gasteiger partial charge in [-0.15, -0.1) is 0 Å². The molecule has 0 atom stereocenters. The number of carbonyl (C=O) groups excluding carboxylic acids is 1. The lowest BCUT2D eigenvalue weighted by atomic mass is 10.2. The molecule has 0 amide bonds. The Kier molecular flexibility index (Phi) is 8.33. The van der Waals surface area contributed by atoms with Crippen molar-refractivity contribution in [2.75, 3.05) is 26.4 Å². The van der Waals surface area contributed by atoms with Crippen molar-refractivity contribution in [2.24, 2.45) is 0 Å². The first-order chi connectivity index (χ1) is 12.7. The van der Waals surface area contributed by atoms with Crippen LogP contribution in [0, 0.1) is 0 Å². The van der Waals surface area contributed by atoms with Gasteiger partial charge >= 0.3 is 5.97 Å². The van der Waals surface area contributed by atoms with Crippen LogP contribution in [0.25, 0.3) is 0 Å². The van der Waals surface area contributed by atoms with E-state index in [0.717, 1.165) is 24.3 Å². The summed E-state index contributed by atoms with van der Waals surface area (Å²) in [6.45, 7) is 5.83. The Morgan fingerprint density at radius 1 is 0.731 bits per heavy atom. The van der Waals surface area contributed by atoms with Gasteiger partial charge in [0.1, 0.15) is 30.5 Å². The lowest BCUT2D eigenvalue weighted by Gasteiger charge is -2.09. The molecule has 0 aromatic heterocycles. The summed E-state index contributed by atoms with van der Waals surface area (Å²) in [6.07, 6.45) is 2.10. The third kappa shape index (κ3) is 6.67. The van der Waals surface area contributed by atoms with Crippen molar-refractivity contribution in [1.82, 2.24) is 0 Å². The van der Waals surface area contributed by atoms with E-state index >= 15 is 0 Å². The highest BCUT2D eigenvalue weighted by Crippen LogP contribution is 2.17. The van der Waals surface area contributed by atoms with Crippen LogP contribution in [-0.2, 0) is 4.74 Å². The number of rotatable bonds is 11. The highest BCUT2D eigenvalue weighted by Gasteiger charge is 2.07. The first-order valence-electron chi connectivity index (χ1n) is 8.98. The van der Waals surface area contributed by atoms with Gasteiger partial charge in [-0.2, -0.15) is 0 Å². The predicted octanol–water partition coefficient (Wildman–Crippen LogP) is 4.50. The summed E-state index contributed by atoms with van der Waals surface area (Å²) in [7, 11) is 0. The molecular formula is C21H26O5. The molecule has 0 spiro atoms. The second-order valence-electron chi connectivity index (χ2n) is 5.62. The van der Waals surface area contributed by atoms with Crippen molar-refractivity contribution in [2.45, 2.75) is 26.7 Å². The van der Waals surface area contributed by atoms with E-state index in [-0.39, 0.29) is 19.2 Å². The van der Waals surface area contributed by atoms with E-state index in [1.165, 1.54) is 0 Å². The van der Waals surface area contributed by atoms with E-state index in [9.17, 15) is 4.79 Å². The lowest BCUT2D eigenvalue weighted by Crippen LogP contribution is -2.12. The van der Waals surface area contributed by atoms with E-state index in [4.69, 9.17) is 18.9 Å². The predicted molar refractivity (Wildman–Crippen MR) is 100 cm³/mol. The van der Waals surface area contributed by atoms with Gasteiger partial charge in [0.05, 0.1) is 18.8 Å². The smallest absolute Gasteiger partial charge is 0.338 e. The summed E-state index contributed by atoms with van der Waals surface area (Å²) in [5, 5.41) is 0. The maximum atomic E-state index is 12.0. The van der Waals surface area contributed by atoms with Crippen LogP contribution >= 0.6 is 0 Å². The number of hydrogen-bond acceptors (Lipinski definition) is 5. The first kappa shape index (κ1) is 19.6. The number of esters is 1. The molecule has 5 heteroatoms. The van der Waals surface area contributed by atoms with Gasteiger partial charge in [0.2, 0.25) is 0 Å². The van der Waals surface area contributed by atoms with Gasteiger partial charge in [0, 0.05) is 0 Å².